The number of nitrogens with zero attached hydrogens (tertiary/aromatic N) is 3. The van der Waals surface area contributed by atoms with Crippen molar-refractivity contribution in [2.24, 2.45) is 0 Å². The van der Waals surface area contributed by atoms with Crippen molar-refractivity contribution >= 4 is 10.9 Å². The van der Waals surface area contributed by atoms with Crippen molar-refractivity contribution in [3.05, 3.63) is 48.5 Å². The number of para-hydroxylation sites is 1. The van der Waals surface area contributed by atoms with Crippen LogP contribution in [0, 0.1) is 5.82 Å². The first-order valence-corrected chi connectivity index (χ1v) is 6.40. The summed E-state index contributed by atoms with van der Waals surface area (Å²) in [5.41, 5.74) is 0.921. The van der Waals surface area contributed by atoms with Gasteiger partial charge in [0, 0.05) is 24.3 Å². The number of imidazole rings is 1. The van der Waals surface area contributed by atoms with E-state index in [4.69, 9.17) is 0 Å². The highest BCUT2D eigenvalue weighted by atomic mass is 19.1. The molecule has 1 N–H and O–H groups in total. The van der Waals surface area contributed by atoms with Crippen LogP contribution in [0.2, 0.25) is 0 Å². The molecule has 2 heterocycles. The second kappa shape index (κ2) is 5.02. The molecule has 0 unspecified atom stereocenters. The normalized spacial score (nSPS) is 12.8. The zero-order valence-electron chi connectivity index (χ0n) is 11.0. The molecule has 0 fully saturated rings. The van der Waals surface area contributed by atoms with Crippen molar-refractivity contribution in [1.82, 2.24) is 14.5 Å². The van der Waals surface area contributed by atoms with Crippen molar-refractivity contribution < 1.29 is 9.50 Å². The summed E-state index contributed by atoms with van der Waals surface area (Å²) in [6.07, 6.45) is 2.93. The fourth-order valence-corrected chi connectivity index (χ4v) is 2.21. The monoisotopic (exact) mass is 271 g/mol. The van der Waals surface area contributed by atoms with Crippen LogP contribution in [-0.2, 0) is 6.54 Å². The van der Waals surface area contributed by atoms with Crippen LogP contribution in [0.15, 0.2) is 42.7 Å². The highest BCUT2D eigenvalue weighted by Crippen LogP contribution is 2.21. The SMILES string of the molecule is C[C@H](O)Cn1ccnc1-c1ccc2cccc(F)c2n1. The molecule has 0 spiro atoms. The van der Waals surface area contributed by atoms with Gasteiger partial charge in [-0.15, -0.1) is 0 Å². The maximum absolute atomic E-state index is 13.8. The van der Waals surface area contributed by atoms with E-state index >= 15 is 0 Å². The fourth-order valence-electron chi connectivity index (χ4n) is 2.21. The van der Waals surface area contributed by atoms with E-state index in [1.807, 2.05) is 18.2 Å². The van der Waals surface area contributed by atoms with Crippen molar-refractivity contribution in [3.63, 3.8) is 0 Å². The number of hydrogen-bond donors (Lipinski definition) is 1. The lowest BCUT2D eigenvalue weighted by Crippen LogP contribution is -2.12. The quantitative estimate of drug-likeness (QED) is 0.796. The second-order valence-corrected chi connectivity index (χ2v) is 4.76. The number of hydrogen-bond acceptors (Lipinski definition) is 3. The molecule has 0 aliphatic heterocycles. The predicted molar refractivity (Wildman–Crippen MR) is 74.6 cm³/mol. The lowest BCUT2D eigenvalue weighted by atomic mass is 10.2. The molecule has 0 amide bonds. The van der Waals surface area contributed by atoms with Crippen molar-refractivity contribution in [2.75, 3.05) is 0 Å². The summed E-state index contributed by atoms with van der Waals surface area (Å²) in [4.78, 5) is 8.59. The summed E-state index contributed by atoms with van der Waals surface area (Å²) in [6.45, 7) is 2.13. The Labute approximate surface area is 115 Å². The number of halogens is 1. The summed E-state index contributed by atoms with van der Waals surface area (Å²) in [5.74, 6) is 0.272. The maximum atomic E-state index is 13.8. The van der Waals surface area contributed by atoms with Crippen molar-refractivity contribution in [2.45, 2.75) is 19.6 Å². The molecule has 0 radical (unpaired) electrons. The second-order valence-electron chi connectivity index (χ2n) is 4.76. The van der Waals surface area contributed by atoms with Gasteiger partial charge in [-0.05, 0) is 19.1 Å². The molecule has 0 saturated heterocycles. The third-order valence-electron chi connectivity index (χ3n) is 3.08. The van der Waals surface area contributed by atoms with Crippen LogP contribution >= 0.6 is 0 Å². The lowest BCUT2D eigenvalue weighted by Gasteiger charge is -2.10. The highest BCUT2D eigenvalue weighted by molar-refractivity contribution is 5.81. The minimum atomic E-state index is -0.486. The smallest absolute Gasteiger partial charge is 0.158 e. The minimum absolute atomic E-state index is 0.330. The van der Waals surface area contributed by atoms with E-state index in [-0.39, 0.29) is 5.82 Å². The molecule has 0 bridgehead atoms. The first-order valence-electron chi connectivity index (χ1n) is 6.40. The Morgan fingerprint density at radius 1 is 1.30 bits per heavy atom. The topological polar surface area (TPSA) is 50.9 Å². The first kappa shape index (κ1) is 12.7. The lowest BCUT2D eigenvalue weighted by molar-refractivity contribution is 0.174. The average molecular weight is 271 g/mol. The molecule has 0 saturated carbocycles. The molecule has 102 valence electrons. The van der Waals surface area contributed by atoms with E-state index < -0.39 is 6.10 Å². The number of fused-ring (bicyclic) bond motifs is 1. The number of rotatable bonds is 3. The third kappa shape index (κ3) is 2.28. The van der Waals surface area contributed by atoms with E-state index in [2.05, 4.69) is 9.97 Å². The van der Waals surface area contributed by atoms with E-state index in [0.29, 0.717) is 23.6 Å². The van der Waals surface area contributed by atoms with Gasteiger partial charge in [0.15, 0.2) is 5.82 Å². The van der Waals surface area contributed by atoms with Gasteiger partial charge in [0.25, 0.3) is 0 Å². The molecule has 2 aromatic heterocycles. The molecule has 0 aliphatic rings. The van der Waals surface area contributed by atoms with Crippen LogP contribution in [0.3, 0.4) is 0 Å². The zero-order chi connectivity index (χ0) is 14.1. The van der Waals surface area contributed by atoms with Crippen LogP contribution in [0.1, 0.15) is 6.92 Å². The standard InChI is InChI=1S/C15H14FN3O/c1-10(20)9-19-8-7-17-15(19)13-6-5-11-3-2-4-12(16)14(11)18-13/h2-8,10,20H,9H2,1H3/t10-/m0/s1. The van der Waals surface area contributed by atoms with Crippen LogP contribution in [0.4, 0.5) is 4.39 Å². The Kier molecular flexibility index (Phi) is 3.20. The molecular formula is C15H14FN3O. The molecule has 1 aromatic carbocycles. The van der Waals surface area contributed by atoms with Crippen LogP contribution in [-0.4, -0.2) is 25.7 Å². The van der Waals surface area contributed by atoms with Crippen molar-refractivity contribution in [3.8, 4) is 11.5 Å². The van der Waals surface area contributed by atoms with Gasteiger partial charge in [0.1, 0.15) is 17.0 Å². The summed E-state index contributed by atoms with van der Waals surface area (Å²) >= 11 is 0. The zero-order valence-corrected chi connectivity index (χ0v) is 11.0. The molecule has 5 heteroatoms. The van der Waals surface area contributed by atoms with Crippen LogP contribution < -0.4 is 0 Å². The van der Waals surface area contributed by atoms with Gasteiger partial charge in [0.05, 0.1) is 6.10 Å². The summed E-state index contributed by atoms with van der Waals surface area (Å²) < 4.78 is 15.6. The molecular weight excluding hydrogens is 257 g/mol. The number of aliphatic hydroxyl groups is 1. The third-order valence-corrected chi connectivity index (χ3v) is 3.08. The largest absolute Gasteiger partial charge is 0.392 e. The average Bonchev–Trinajstić information content (AvgIpc) is 2.86. The van der Waals surface area contributed by atoms with Crippen LogP contribution in [0.5, 0.6) is 0 Å². The Bertz CT molecular complexity index is 752. The minimum Gasteiger partial charge on any atom is -0.392 e. The van der Waals surface area contributed by atoms with E-state index in [1.165, 1.54) is 6.07 Å². The van der Waals surface area contributed by atoms with Gasteiger partial charge >= 0.3 is 0 Å². The van der Waals surface area contributed by atoms with Crippen molar-refractivity contribution in [1.29, 1.82) is 0 Å². The molecule has 20 heavy (non-hydrogen) atoms. The molecule has 3 aromatic rings. The number of pyridine rings is 1. The number of aliphatic hydroxyl groups excluding tert-OH is 1. The van der Waals surface area contributed by atoms with E-state index in [1.54, 1.807) is 30.0 Å². The van der Waals surface area contributed by atoms with Gasteiger partial charge in [-0.2, -0.15) is 0 Å². The number of aromatic nitrogens is 3. The Balaban J connectivity index is 2.11. The van der Waals surface area contributed by atoms with Gasteiger partial charge in [-0.3, -0.25) is 0 Å². The first-order chi connectivity index (χ1) is 9.65. The fraction of sp³-hybridized carbons (Fsp3) is 0.200. The van der Waals surface area contributed by atoms with E-state index in [0.717, 1.165) is 5.39 Å². The van der Waals surface area contributed by atoms with E-state index in [9.17, 15) is 9.50 Å². The van der Waals surface area contributed by atoms with Gasteiger partial charge < -0.3 is 9.67 Å². The maximum Gasteiger partial charge on any atom is 0.158 e. The predicted octanol–water partition coefficient (Wildman–Crippen LogP) is 2.62. The van der Waals surface area contributed by atoms with Gasteiger partial charge in [0.2, 0.25) is 0 Å². The van der Waals surface area contributed by atoms with Gasteiger partial charge in [-0.25, -0.2) is 14.4 Å². The number of benzene rings is 1. The summed E-state index contributed by atoms with van der Waals surface area (Å²) in [5, 5.41) is 10.2. The highest BCUT2D eigenvalue weighted by Gasteiger charge is 2.11. The Hall–Kier alpha value is -2.27. The Morgan fingerprint density at radius 3 is 2.95 bits per heavy atom. The van der Waals surface area contributed by atoms with Crippen LogP contribution in [0.25, 0.3) is 22.4 Å². The summed E-state index contributed by atoms with van der Waals surface area (Å²) in [6, 6.07) is 8.50. The molecule has 3 rings (SSSR count). The molecule has 1 atom stereocenters. The molecule has 0 aliphatic carbocycles. The summed E-state index contributed by atoms with van der Waals surface area (Å²) in [7, 11) is 0. The molecule has 4 nitrogen and oxygen atoms in total. The Morgan fingerprint density at radius 2 is 2.15 bits per heavy atom. The van der Waals surface area contributed by atoms with Gasteiger partial charge in [-0.1, -0.05) is 18.2 Å².